The third kappa shape index (κ3) is 4.74. The first-order chi connectivity index (χ1) is 12.7. The van der Waals surface area contributed by atoms with E-state index in [9.17, 15) is 22.8 Å². The third-order valence-corrected chi connectivity index (χ3v) is 4.75. The van der Waals surface area contributed by atoms with Crippen molar-refractivity contribution in [1.29, 1.82) is 0 Å². The summed E-state index contributed by atoms with van der Waals surface area (Å²) < 4.78 is 48.9. The molecule has 0 saturated carbocycles. The molecule has 1 saturated heterocycles. The van der Waals surface area contributed by atoms with Crippen LogP contribution in [0.1, 0.15) is 18.4 Å². The number of rotatable bonds is 3. The first-order valence-electron chi connectivity index (χ1n) is 8.38. The maximum atomic E-state index is 12.8. The summed E-state index contributed by atoms with van der Waals surface area (Å²) in [6.07, 6.45) is -2.52. The molecule has 2 aliphatic heterocycles. The van der Waals surface area contributed by atoms with Crippen molar-refractivity contribution in [1.82, 2.24) is 4.90 Å². The van der Waals surface area contributed by atoms with Crippen LogP contribution >= 0.6 is 11.6 Å². The number of likely N-dealkylation sites (tertiary alicyclic amines) is 1. The number of carbonyl (C=O) groups is 2. The maximum absolute atomic E-state index is 12.8. The number of hydrogen-bond acceptors (Lipinski definition) is 4. The van der Waals surface area contributed by atoms with Crippen LogP contribution < -0.4 is 4.74 Å². The Labute approximate surface area is 158 Å². The van der Waals surface area contributed by atoms with Gasteiger partial charge in [-0.25, -0.2) is 4.79 Å². The highest BCUT2D eigenvalue weighted by Crippen LogP contribution is 2.33. The highest BCUT2D eigenvalue weighted by molar-refractivity contribution is 6.30. The van der Waals surface area contributed by atoms with E-state index in [1.165, 1.54) is 0 Å². The molecule has 3 rings (SSSR count). The van der Waals surface area contributed by atoms with Gasteiger partial charge in [-0.2, -0.15) is 13.2 Å². The predicted octanol–water partition coefficient (Wildman–Crippen LogP) is 3.46. The van der Waals surface area contributed by atoms with Gasteiger partial charge in [0.2, 0.25) is 0 Å². The Balaban J connectivity index is 1.57. The normalized spacial score (nSPS) is 19.6. The van der Waals surface area contributed by atoms with Gasteiger partial charge < -0.3 is 14.4 Å². The number of amides is 1. The summed E-state index contributed by atoms with van der Waals surface area (Å²) in [5, 5.41) is 0.475. The van der Waals surface area contributed by atoms with E-state index in [4.69, 9.17) is 21.1 Å². The molecule has 0 N–H and O–H groups in total. The molecule has 1 atom stereocenters. The molecule has 0 aliphatic carbocycles. The minimum absolute atomic E-state index is 0.000733. The van der Waals surface area contributed by atoms with Gasteiger partial charge in [0.15, 0.2) is 6.61 Å². The van der Waals surface area contributed by atoms with Gasteiger partial charge in [0.05, 0.1) is 11.5 Å². The van der Waals surface area contributed by atoms with Crippen LogP contribution in [-0.4, -0.2) is 49.3 Å². The number of hydrogen-bond donors (Lipinski definition) is 0. The maximum Gasteiger partial charge on any atom is 0.393 e. The minimum atomic E-state index is -4.34. The Morgan fingerprint density at radius 2 is 2.11 bits per heavy atom. The summed E-state index contributed by atoms with van der Waals surface area (Å²) in [6.45, 7) is -0.817. The van der Waals surface area contributed by atoms with E-state index in [0.29, 0.717) is 16.3 Å². The zero-order valence-electron chi connectivity index (χ0n) is 14.2. The van der Waals surface area contributed by atoms with Crippen molar-refractivity contribution in [3.05, 3.63) is 34.4 Å². The molecule has 2 aliphatic rings. The fourth-order valence-electron chi connectivity index (χ4n) is 3.05. The Hall–Kier alpha value is -2.22. The van der Waals surface area contributed by atoms with Crippen molar-refractivity contribution in [2.24, 2.45) is 5.92 Å². The van der Waals surface area contributed by atoms with Crippen molar-refractivity contribution >= 4 is 29.6 Å². The first-order valence-corrected chi connectivity index (χ1v) is 8.76. The van der Waals surface area contributed by atoms with Crippen molar-refractivity contribution < 1.29 is 32.2 Å². The number of nitrogens with zero attached hydrogens (tertiary/aromatic N) is 1. The summed E-state index contributed by atoms with van der Waals surface area (Å²) in [5.41, 5.74) is 0.806. The number of carbonyl (C=O) groups excluding carboxylic acids is 2. The molecular formula is C18H17ClF3NO4. The number of piperidine rings is 1. The quantitative estimate of drug-likeness (QED) is 0.725. The molecule has 0 spiro atoms. The number of halogens is 4. The number of alkyl halides is 3. The average molecular weight is 404 g/mol. The highest BCUT2D eigenvalue weighted by atomic mass is 35.5. The Morgan fingerprint density at radius 3 is 2.85 bits per heavy atom. The molecule has 1 fully saturated rings. The van der Waals surface area contributed by atoms with Gasteiger partial charge in [-0.3, -0.25) is 4.79 Å². The standard InChI is InChI=1S/C18H17ClF3NO4/c19-14-3-4-15-11(7-14)6-12(9-26-15)17(25)27-10-16(24)23-5-1-2-13(8-23)18(20,21)22/h3-4,6-7,13H,1-2,5,8-10H2. The van der Waals surface area contributed by atoms with E-state index in [-0.39, 0.29) is 31.6 Å². The number of fused-ring (bicyclic) bond motifs is 1. The number of ether oxygens (including phenoxy) is 2. The van der Waals surface area contributed by atoms with Gasteiger partial charge in [-0.05, 0) is 37.1 Å². The van der Waals surface area contributed by atoms with Gasteiger partial charge in [0.1, 0.15) is 12.4 Å². The van der Waals surface area contributed by atoms with Gasteiger partial charge >= 0.3 is 12.1 Å². The van der Waals surface area contributed by atoms with E-state index < -0.39 is 37.1 Å². The average Bonchev–Trinajstić information content (AvgIpc) is 2.64. The zero-order valence-corrected chi connectivity index (χ0v) is 15.0. The topological polar surface area (TPSA) is 55.8 Å². The summed E-state index contributed by atoms with van der Waals surface area (Å²) in [7, 11) is 0. The molecule has 0 radical (unpaired) electrons. The van der Waals surface area contributed by atoms with Crippen LogP contribution in [0.3, 0.4) is 0 Å². The summed E-state index contributed by atoms with van der Waals surface area (Å²) in [6, 6.07) is 4.95. The van der Waals surface area contributed by atoms with Crippen LogP contribution in [0.5, 0.6) is 5.75 Å². The molecule has 9 heteroatoms. The molecule has 2 heterocycles. The summed E-state index contributed by atoms with van der Waals surface area (Å²) in [4.78, 5) is 25.4. The lowest BCUT2D eigenvalue weighted by Crippen LogP contribution is -2.46. The second kappa shape index (κ2) is 7.80. The van der Waals surface area contributed by atoms with Crippen LogP contribution in [-0.2, 0) is 14.3 Å². The smallest absolute Gasteiger partial charge is 0.393 e. The molecule has 0 aromatic heterocycles. The monoisotopic (exact) mass is 403 g/mol. The summed E-state index contributed by atoms with van der Waals surface area (Å²) >= 11 is 5.91. The molecular weight excluding hydrogens is 387 g/mol. The fourth-order valence-corrected chi connectivity index (χ4v) is 3.23. The lowest BCUT2D eigenvalue weighted by Gasteiger charge is -2.33. The largest absolute Gasteiger partial charge is 0.488 e. The first kappa shape index (κ1) is 19.5. The SMILES string of the molecule is O=C(OCC(=O)N1CCCC(C(F)(F)F)C1)C1=Cc2cc(Cl)ccc2OC1. The number of benzene rings is 1. The Morgan fingerprint density at radius 1 is 1.33 bits per heavy atom. The predicted molar refractivity (Wildman–Crippen MR) is 91.2 cm³/mol. The third-order valence-electron chi connectivity index (χ3n) is 4.51. The molecule has 5 nitrogen and oxygen atoms in total. The molecule has 146 valence electrons. The zero-order chi connectivity index (χ0) is 19.6. The molecule has 1 amide bonds. The van der Waals surface area contributed by atoms with Crippen molar-refractivity contribution in [2.45, 2.75) is 19.0 Å². The van der Waals surface area contributed by atoms with Gasteiger partial charge in [-0.1, -0.05) is 11.6 Å². The van der Waals surface area contributed by atoms with Crippen molar-refractivity contribution in [2.75, 3.05) is 26.3 Å². The lowest BCUT2D eigenvalue weighted by atomic mass is 9.97. The number of esters is 1. The van der Waals surface area contributed by atoms with E-state index in [2.05, 4.69) is 0 Å². The van der Waals surface area contributed by atoms with E-state index in [1.807, 2.05) is 0 Å². The van der Waals surface area contributed by atoms with Gasteiger partial charge in [-0.15, -0.1) is 0 Å². The van der Waals surface area contributed by atoms with Crippen molar-refractivity contribution in [3.63, 3.8) is 0 Å². The van der Waals surface area contributed by atoms with Crippen LogP contribution in [0, 0.1) is 5.92 Å². The van der Waals surface area contributed by atoms with Gasteiger partial charge in [0, 0.05) is 23.7 Å². The Bertz CT molecular complexity index is 778. The minimum Gasteiger partial charge on any atom is -0.488 e. The van der Waals surface area contributed by atoms with E-state index in [0.717, 1.165) is 4.90 Å². The van der Waals surface area contributed by atoms with Crippen LogP contribution in [0.2, 0.25) is 5.02 Å². The molecule has 0 bridgehead atoms. The van der Waals surface area contributed by atoms with Crippen LogP contribution in [0.15, 0.2) is 23.8 Å². The molecule has 1 aromatic rings. The van der Waals surface area contributed by atoms with E-state index >= 15 is 0 Å². The summed E-state index contributed by atoms with van der Waals surface area (Å²) in [5.74, 6) is -2.36. The molecule has 27 heavy (non-hydrogen) atoms. The second-order valence-electron chi connectivity index (χ2n) is 6.44. The van der Waals surface area contributed by atoms with Crippen molar-refractivity contribution in [3.8, 4) is 5.75 Å². The fraction of sp³-hybridized carbons (Fsp3) is 0.444. The van der Waals surface area contributed by atoms with Gasteiger partial charge in [0.25, 0.3) is 5.91 Å². The van der Waals surface area contributed by atoms with E-state index in [1.54, 1.807) is 24.3 Å². The highest BCUT2D eigenvalue weighted by Gasteiger charge is 2.42. The molecule has 1 aromatic carbocycles. The Kier molecular flexibility index (Phi) is 5.64. The molecule has 1 unspecified atom stereocenters. The lowest BCUT2D eigenvalue weighted by molar-refractivity contribution is -0.189. The second-order valence-corrected chi connectivity index (χ2v) is 6.87. The van der Waals surface area contributed by atoms with Crippen LogP contribution in [0.25, 0.3) is 6.08 Å². The van der Waals surface area contributed by atoms with Crippen LogP contribution in [0.4, 0.5) is 13.2 Å².